The monoisotopic (exact) mass is 336 g/mol. The molecule has 0 heterocycles. The fourth-order valence-electron chi connectivity index (χ4n) is 4.67. The van der Waals surface area contributed by atoms with E-state index < -0.39 is 11.7 Å². The highest BCUT2D eigenvalue weighted by atomic mass is 16.6. The Morgan fingerprint density at radius 1 is 1.38 bits per heavy atom. The molecule has 2 aliphatic rings. The van der Waals surface area contributed by atoms with Crippen LogP contribution in [0.3, 0.4) is 0 Å². The molecule has 4 heteroatoms. The molecule has 4 nitrogen and oxygen atoms in total. The molecule has 24 heavy (non-hydrogen) atoms. The third-order valence-electron chi connectivity index (χ3n) is 6.47. The topological polar surface area (TPSA) is 63.6 Å². The first-order chi connectivity index (χ1) is 11.0. The van der Waals surface area contributed by atoms with E-state index in [1.165, 1.54) is 0 Å². The maximum Gasteiger partial charge on any atom is 0.333 e. The summed E-state index contributed by atoms with van der Waals surface area (Å²) in [5, 5.41) is 11.3. The summed E-state index contributed by atoms with van der Waals surface area (Å²) in [6.07, 6.45) is 3.80. The summed E-state index contributed by atoms with van der Waals surface area (Å²) in [5.74, 6) is 0.179. The zero-order valence-corrected chi connectivity index (χ0v) is 15.9. The normalized spacial score (nSPS) is 40.4. The Kier molecular flexibility index (Phi) is 5.29. The number of esters is 1. The maximum atomic E-state index is 12.5. The molecule has 136 valence electrons. The minimum atomic E-state index is -1.11. The number of rotatable bonds is 3. The fourth-order valence-corrected chi connectivity index (χ4v) is 4.67. The first-order valence-electron chi connectivity index (χ1n) is 9.12. The first kappa shape index (κ1) is 19.2. The lowest BCUT2D eigenvalue weighted by atomic mass is 9.51. The molecule has 0 unspecified atom stereocenters. The Morgan fingerprint density at radius 3 is 2.54 bits per heavy atom. The minimum absolute atomic E-state index is 0.0127. The van der Waals surface area contributed by atoms with Crippen LogP contribution in [0.1, 0.15) is 67.2 Å². The molecule has 0 spiro atoms. The van der Waals surface area contributed by atoms with E-state index in [0.29, 0.717) is 30.6 Å². The summed E-state index contributed by atoms with van der Waals surface area (Å²) in [5.41, 5.74) is -0.757. The molecule has 2 saturated carbocycles. The molecule has 1 N–H and O–H groups in total. The Labute approximate surface area is 145 Å². The first-order valence-corrected chi connectivity index (χ1v) is 9.12. The van der Waals surface area contributed by atoms with E-state index in [9.17, 15) is 14.7 Å². The summed E-state index contributed by atoms with van der Waals surface area (Å²) in [7, 11) is 0. The molecule has 2 aliphatic carbocycles. The van der Waals surface area contributed by atoms with Gasteiger partial charge in [-0.05, 0) is 57.3 Å². The molecule has 5 atom stereocenters. The van der Waals surface area contributed by atoms with E-state index in [0.717, 1.165) is 6.42 Å². The van der Waals surface area contributed by atoms with E-state index in [2.05, 4.69) is 20.8 Å². The van der Waals surface area contributed by atoms with Crippen LogP contribution >= 0.6 is 0 Å². The van der Waals surface area contributed by atoms with Crippen molar-refractivity contribution >= 4 is 11.8 Å². The smallest absolute Gasteiger partial charge is 0.333 e. The van der Waals surface area contributed by atoms with E-state index in [1.807, 2.05) is 0 Å². The van der Waals surface area contributed by atoms with Crippen molar-refractivity contribution in [3.63, 3.8) is 0 Å². The molecule has 0 saturated heterocycles. The van der Waals surface area contributed by atoms with Crippen LogP contribution < -0.4 is 0 Å². The lowest BCUT2D eigenvalue weighted by Gasteiger charge is -2.56. The largest absolute Gasteiger partial charge is 0.456 e. The summed E-state index contributed by atoms with van der Waals surface area (Å²) in [4.78, 5) is 24.7. The van der Waals surface area contributed by atoms with E-state index in [1.54, 1.807) is 26.8 Å². The van der Waals surface area contributed by atoms with Crippen molar-refractivity contribution < 1.29 is 19.4 Å². The zero-order chi connectivity index (χ0) is 18.3. The van der Waals surface area contributed by atoms with Crippen LogP contribution in [-0.2, 0) is 14.3 Å². The second-order valence-corrected chi connectivity index (χ2v) is 8.57. The molecule has 2 rings (SSSR count). The number of ketones is 1. The second-order valence-electron chi connectivity index (χ2n) is 8.57. The molecule has 0 amide bonds. The highest BCUT2D eigenvalue weighted by molar-refractivity contribution is 5.87. The summed E-state index contributed by atoms with van der Waals surface area (Å²) in [6, 6.07) is 0. The number of hydrogen-bond acceptors (Lipinski definition) is 4. The lowest BCUT2D eigenvalue weighted by Crippen LogP contribution is -2.61. The molecule has 0 bridgehead atoms. The summed E-state index contributed by atoms with van der Waals surface area (Å²) in [6.45, 7) is 11.5. The Balaban J connectivity index is 2.25. The average Bonchev–Trinajstić information content (AvgIpc) is 2.48. The van der Waals surface area contributed by atoms with Gasteiger partial charge in [-0.2, -0.15) is 0 Å². The summed E-state index contributed by atoms with van der Waals surface area (Å²) < 4.78 is 5.63. The Hall–Kier alpha value is -1.16. The van der Waals surface area contributed by atoms with Crippen molar-refractivity contribution in [3.8, 4) is 0 Å². The van der Waals surface area contributed by atoms with Crippen molar-refractivity contribution in [3.05, 3.63) is 11.6 Å². The number of hydrogen-bond donors (Lipinski definition) is 1. The van der Waals surface area contributed by atoms with Gasteiger partial charge in [-0.3, -0.25) is 4.79 Å². The number of allylic oxidation sites excluding steroid dienone is 1. The van der Waals surface area contributed by atoms with E-state index in [4.69, 9.17) is 4.74 Å². The highest BCUT2D eigenvalue weighted by Crippen LogP contribution is 2.55. The summed E-state index contributed by atoms with van der Waals surface area (Å²) >= 11 is 0. The van der Waals surface area contributed by atoms with Crippen LogP contribution in [0, 0.1) is 23.2 Å². The van der Waals surface area contributed by atoms with Crippen molar-refractivity contribution in [2.75, 3.05) is 0 Å². The molecule has 0 aliphatic heterocycles. The lowest BCUT2D eigenvalue weighted by molar-refractivity contribution is -0.204. The van der Waals surface area contributed by atoms with Gasteiger partial charge >= 0.3 is 5.97 Å². The van der Waals surface area contributed by atoms with Gasteiger partial charge in [0.15, 0.2) is 0 Å². The van der Waals surface area contributed by atoms with Crippen LogP contribution in [0.25, 0.3) is 0 Å². The molecule has 2 fully saturated rings. The number of Topliss-reactive ketones (excluding diaryl/α,β-unsaturated/α-hetero) is 1. The van der Waals surface area contributed by atoms with Gasteiger partial charge < -0.3 is 9.84 Å². The molecular weight excluding hydrogens is 304 g/mol. The zero-order valence-electron chi connectivity index (χ0n) is 15.9. The van der Waals surface area contributed by atoms with Crippen LogP contribution in [0.5, 0.6) is 0 Å². The molecule has 0 aromatic heterocycles. The molecule has 0 radical (unpaired) electrons. The van der Waals surface area contributed by atoms with Gasteiger partial charge in [0.25, 0.3) is 0 Å². The van der Waals surface area contributed by atoms with Gasteiger partial charge in [-0.15, -0.1) is 0 Å². The van der Waals surface area contributed by atoms with Crippen molar-refractivity contribution in [2.24, 2.45) is 23.2 Å². The van der Waals surface area contributed by atoms with Crippen LogP contribution in [0.15, 0.2) is 11.6 Å². The molecular formula is C20H32O4. The fraction of sp³-hybridized carbons (Fsp3) is 0.800. The van der Waals surface area contributed by atoms with Gasteiger partial charge in [0.2, 0.25) is 0 Å². The second kappa shape index (κ2) is 6.62. The van der Waals surface area contributed by atoms with Crippen molar-refractivity contribution in [1.82, 2.24) is 0 Å². The Morgan fingerprint density at radius 2 is 2.00 bits per heavy atom. The SMILES string of the molecule is C/C=C(/C)C(=O)O[C@H]1CC[C@]2(C)CC(=O)[C@@H](C(C)C)C[C@H]2[C@@]1(C)O. The number of carbonyl (C=O) groups is 2. The Bertz CT molecular complexity index is 546. The van der Waals surface area contributed by atoms with Crippen LogP contribution in [0.4, 0.5) is 0 Å². The van der Waals surface area contributed by atoms with Crippen LogP contribution in [-0.4, -0.2) is 28.6 Å². The quantitative estimate of drug-likeness (QED) is 0.631. The number of ether oxygens (including phenoxy) is 1. The number of fused-ring (bicyclic) bond motifs is 1. The number of aliphatic hydroxyl groups is 1. The van der Waals surface area contributed by atoms with Crippen molar-refractivity contribution in [2.45, 2.75) is 78.9 Å². The molecule has 0 aromatic carbocycles. The predicted octanol–water partition coefficient (Wildman–Crippen LogP) is 3.67. The maximum absolute atomic E-state index is 12.5. The predicted molar refractivity (Wildman–Crippen MR) is 93.3 cm³/mol. The van der Waals surface area contributed by atoms with Crippen molar-refractivity contribution in [1.29, 1.82) is 0 Å². The van der Waals surface area contributed by atoms with Gasteiger partial charge in [-0.25, -0.2) is 4.79 Å². The van der Waals surface area contributed by atoms with Gasteiger partial charge in [-0.1, -0.05) is 26.8 Å². The van der Waals surface area contributed by atoms with Gasteiger partial charge in [0, 0.05) is 17.9 Å². The average molecular weight is 336 g/mol. The minimum Gasteiger partial charge on any atom is -0.456 e. The van der Waals surface area contributed by atoms with Gasteiger partial charge in [0.1, 0.15) is 17.5 Å². The third kappa shape index (κ3) is 3.30. The van der Waals surface area contributed by atoms with Gasteiger partial charge in [0.05, 0.1) is 0 Å². The standard InChI is InChI=1S/C20H32O4/c1-7-13(4)18(22)24-17-8-9-19(5)11-15(21)14(12(2)3)10-16(19)20(17,6)23/h7,12,14,16-17,23H,8-11H2,1-6H3/b13-7-/t14-,16-,17+,19-,20-/m1/s1. The highest BCUT2D eigenvalue weighted by Gasteiger charge is 2.58. The molecule has 0 aromatic rings. The number of carbonyl (C=O) groups excluding carboxylic acids is 2. The third-order valence-corrected chi connectivity index (χ3v) is 6.47. The van der Waals surface area contributed by atoms with Crippen LogP contribution in [0.2, 0.25) is 0 Å². The van der Waals surface area contributed by atoms with E-state index >= 15 is 0 Å². The van der Waals surface area contributed by atoms with E-state index in [-0.39, 0.29) is 29.1 Å².